The maximum absolute atomic E-state index is 12.3. The third kappa shape index (κ3) is 4.39. The van der Waals surface area contributed by atoms with Crippen molar-refractivity contribution in [1.29, 1.82) is 0 Å². The molecule has 0 aliphatic heterocycles. The highest BCUT2D eigenvalue weighted by Gasteiger charge is 2.23. The van der Waals surface area contributed by atoms with E-state index < -0.39 is 0 Å². The van der Waals surface area contributed by atoms with Gasteiger partial charge in [-0.1, -0.05) is 53.7 Å². The second-order valence-corrected chi connectivity index (χ2v) is 8.26. The zero-order valence-electron chi connectivity index (χ0n) is 18.1. The quantitative estimate of drug-likeness (QED) is 0.417. The summed E-state index contributed by atoms with van der Waals surface area (Å²) in [6.07, 6.45) is 3.86. The average Bonchev–Trinajstić information content (AvgIpc) is 3.29. The van der Waals surface area contributed by atoms with Crippen molar-refractivity contribution >= 4 is 16.8 Å². The first-order valence-electron chi connectivity index (χ1n) is 10.2. The van der Waals surface area contributed by atoms with Crippen molar-refractivity contribution in [2.24, 2.45) is 5.92 Å². The third-order valence-corrected chi connectivity index (χ3v) is 4.87. The van der Waals surface area contributed by atoms with Gasteiger partial charge in [0.15, 0.2) is 5.78 Å². The number of fused-ring (bicyclic) bond motifs is 2. The SMILES string of the molecule is CC(C)C(=O)c1c(C(C)C)nn2ccccc12.CC(C)c1cc2ccccn2n1. The zero-order chi connectivity index (χ0) is 21.1. The Morgan fingerprint density at radius 1 is 0.828 bits per heavy atom. The molecule has 0 spiro atoms. The minimum Gasteiger partial charge on any atom is -0.294 e. The van der Waals surface area contributed by atoms with E-state index in [-0.39, 0.29) is 17.6 Å². The van der Waals surface area contributed by atoms with E-state index in [1.54, 1.807) is 4.52 Å². The highest BCUT2D eigenvalue weighted by Crippen LogP contribution is 2.25. The van der Waals surface area contributed by atoms with Crippen LogP contribution >= 0.6 is 0 Å². The minimum absolute atomic E-state index is 0.000654. The van der Waals surface area contributed by atoms with E-state index in [4.69, 9.17) is 0 Å². The molecule has 0 atom stereocenters. The number of rotatable bonds is 4. The van der Waals surface area contributed by atoms with Gasteiger partial charge in [-0.3, -0.25) is 4.79 Å². The molecule has 4 heterocycles. The van der Waals surface area contributed by atoms with Gasteiger partial charge in [0.25, 0.3) is 0 Å². The molecule has 5 nitrogen and oxygen atoms in total. The van der Waals surface area contributed by atoms with Crippen LogP contribution in [-0.4, -0.2) is 25.0 Å². The summed E-state index contributed by atoms with van der Waals surface area (Å²) in [7, 11) is 0. The molecule has 0 aliphatic rings. The lowest BCUT2D eigenvalue weighted by molar-refractivity contribution is 0.0939. The van der Waals surface area contributed by atoms with E-state index >= 15 is 0 Å². The Morgan fingerprint density at radius 2 is 1.48 bits per heavy atom. The number of carbonyl (C=O) groups is 1. The monoisotopic (exact) mass is 390 g/mol. The predicted molar refractivity (Wildman–Crippen MR) is 118 cm³/mol. The van der Waals surface area contributed by atoms with Crippen LogP contribution in [0.4, 0.5) is 0 Å². The lowest BCUT2D eigenvalue weighted by Gasteiger charge is -2.07. The summed E-state index contributed by atoms with van der Waals surface area (Å²) in [4.78, 5) is 12.3. The summed E-state index contributed by atoms with van der Waals surface area (Å²) in [5.41, 5.74) is 4.92. The Morgan fingerprint density at radius 3 is 2.07 bits per heavy atom. The molecule has 4 rings (SSSR count). The minimum atomic E-state index is 0.000654. The number of hydrogen-bond acceptors (Lipinski definition) is 3. The van der Waals surface area contributed by atoms with Crippen LogP contribution in [-0.2, 0) is 0 Å². The molecule has 29 heavy (non-hydrogen) atoms. The van der Waals surface area contributed by atoms with Crippen molar-refractivity contribution in [3.05, 3.63) is 71.8 Å². The number of carbonyl (C=O) groups excluding carboxylic acids is 1. The van der Waals surface area contributed by atoms with Crippen molar-refractivity contribution in [2.45, 2.75) is 53.4 Å². The Hall–Kier alpha value is -2.95. The number of hydrogen-bond donors (Lipinski definition) is 0. The molecule has 0 unspecified atom stereocenters. The summed E-state index contributed by atoms with van der Waals surface area (Å²) >= 11 is 0. The molecule has 0 saturated carbocycles. The number of Topliss-reactive ketones (excluding diaryl/α,β-unsaturated/α-hetero) is 1. The van der Waals surface area contributed by atoms with Crippen molar-refractivity contribution < 1.29 is 4.79 Å². The van der Waals surface area contributed by atoms with Crippen LogP contribution in [0.5, 0.6) is 0 Å². The van der Waals surface area contributed by atoms with E-state index in [1.165, 1.54) is 5.52 Å². The number of aromatic nitrogens is 4. The number of ketones is 1. The molecular formula is C24H30N4O. The first-order chi connectivity index (χ1) is 13.8. The molecule has 0 fully saturated rings. The fourth-order valence-electron chi connectivity index (χ4n) is 3.20. The van der Waals surface area contributed by atoms with Crippen molar-refractivity contribution in [3.63, 3.8) is 0 Å². The van der Waals surface area contributed by atoms with Gasteiger partial charge in [-0.05, 0) is 42.2 Å². The lowest BCUT2D eigenvalue weighted by atomic mass is 9.95. The second kappa shape index (κ2) is 8.60. The number of pyridine rings is 2. The van der Waals surface area contributed by atoms with Gasteiger partial charge in [-0.2, -0.15) is 10.2 Å². The maximum Gasteiger partial charge on any atom is 0.169 e. The summed E-state index contributed by atoms with van der Waals surface area (Å²) in [5.74, 6) is 0.938. The molecule has 0 aromatic carbocycles. The summed E-state index contributed by atoms with van der Waals surface area (Å²) in [6.45, 7) is 12.3. The Kier molecular flexibility index (Phi) is 6.16. The Balaban J connectivity index is 0.000000176. The van der Waals surface area contributed by atoms with Gasteiger partial charge in [0.2, 0.25) is 0 Å². The molecule has 0 aliphatic carbocycles. The van der Waals surface area contributed by atoms with Crippen molar-refractivity contribution in [2.75, 3.05) is 0 Å². The van der Waals surface area contributed by atoms with Crippen LogP contribution in [0.1, 0.15) is 75.1 Å². The standard InChI is InChI=1S/C14H18N2O.C10H12N2/c1-9(2)13-12(14(17)10(3)4)11-7-5-6-8-16(11)15-13;1-8(2)10-7-9-5-3-4-6-12(9)11-10/h5-10H,1-4H3;3-8H,1-2H3. The fraction of sp³-hybridized carbons (Fsp3) is 0.375. The number of nitrogens with zero attached hydrogens (tertiary/aromatic N) is 4. The average molecular weight is 391 g/mol. The highest BCUT2D eigenvalue weighted by molar-refractivity contribution is 6.04. The fourth-order valence-corrected chi connectivity index (χ4v) is 3.20. The van der Waals surface area contributed by atoms with Gasteiger partial charge in [0.1, 0.15) is 0 Å². The highest BCUT2D eigenvalue weighted by atomic mass is 16.1. The molecule has 4 aromatic rings. The van der Waals surface area contributed by atoms with E-state index in [1.807, 2.05) is 61.1 Å². The van der Waals surface area contributed by atoms with Crippen LogP contribution < -0.4 is 0 Å². The van der Waals surface area contributed by atoms with Crippen LogP contribution in [0, 0.1) is 5.92 Å². The largest absolute Gasteiger partial charge is 0.294 e. The summed E-state index contributed by atoms with van der Waals surface area (Å²) in [5, 5.41) is 8.94. The molecule has 0 N–H and O–H groups in total. The van der Waals surface area contributed by atoms with Crippen molar-refractivity contribution in [1.82, 2.24) is 19.2 Å². The smallest absolute Gasteiger partial charge is 0.169 e. The first-order valence-corrected chi connectivity index (χ1v) is 10.2. The molecule has 5 heteroatoms. The lowest BCUT2D eigenvalue weighted by Crippen LogP contribution is -2.10. The third-order valence-electron chi connectivity index (χ3n) is 4.87. The zero-order valence-corrected chi connectivity index (χ0v) is 18.1. The van der Waals surface area contributed by atoms with Gasteiger partial charge in [0, 0.05) is 18.3 Å². The maximum atomic E-state index is 12.3. The van der Waals surface area contributed by atoms with E-state index in [0.717, 1.165) is 22.5 Å². The molecule has 4 aromatic heterocycles. The molecule has 0 bridgehead atoms. The normalized spacial score (nSPS) is 11.5. The topological polar surface area (TPSA) is 51.7 Å². The molecule has 0 radical (unpaired) electrons. The van der Waals surface area contributed by atoms with Gasteiger partial charge >= 0.3 is 0 Å². The van der Waals surface area contributed by atoms with Crippen LogP contribution in [0.15, 0.2) is 54.9 Å². The van der Waals surface area contributed by atoms with Crippen molar-refractivity contribution in [3.8, 4) is 0 Å². The molecule has 0 saturated heterocycles. The van der Waals surface area contributed by atoms with Gasteiger partial charge in [0.05, 0.1) is 28.0 Å². The molecule has 0 amide bonds. The predicted octanol–water partition coefficient (Wildman–Crippen LogP) is 5.75. The van der Waals surface area contributed by atoms with Gasteiger partial charge in [-0.15, -0.1) is 0 Å². The Labute approximate surface area is 172 Å². The first kappa shape index (κ1) is 20.8. The molecular weight excluding hydrogens is 360 g/mol. The van der Waals surface area contributed by atoms with Gasteiger partial charge < -0.3 is 0 Å². The van der Waals surface area contributed by atoms with E-state index in [9.17, 15) is 4.79 Å². The van der Waals surface area contributed by atoms with Crippen LogP contribution in [0.3, 0.4) is 0 Å². The Bertz CT molecular complexity index is 1090. The van der Waals surface area contributed by atoms with Crippen LogP contribution in [0.2, 0.25) is 0 Å². The molecule has 152 valence electrons. The van der Waals surface area contributed by atoms with E-state index in [0.29, 0.717) is 5.92 Å². The summed E-state index contributed by atoms with van der Waals surface area (Å²) < 4.78 is 3.71. The van der Waals surface area contributed by atoms with E-state index in [2.05, 4.69) is 50.0 Å². The van der Waals surface area contributed by atoms with Crippen LogP contribution in [0.25, 0.3) is 11.0 Å². The van der Waals surface area contributed by atoms with Gasteiger partial charge in [-0.25, -0.2) is 9.03 Å². The summed E-state index contributed by atoms with van der Waals surface area (Å²) in [6, 6.07) is 14.0. The second-order valence-electron chi connectivity index (χ2n) is 8.26.